The Morgan fingerprint density at radius 2 is 1.50 bits per heavy atom. The van der Waals surface area contributed by atoms with Crippen LogP contribution in [0.2, 0.25) is 0 Å². The molecule has 0 aliphatic heterocycles. The van der Waals surface area contributed by atoms with E-state index in [-0.39, 0.29) is 41.9 Å². The lowest BCUT2D eigenvalue weighted by Gasteiger charge is -2.28. The highest BCUT2D eigenvalue weighted by atomic mass is 19.2. The van der Waals surface area contributed by atoms with Crippen molar-refractivity contribution in [2.75, 3.05) is 13.7 Å². The van der Waals surface area contributed by atoms with Crippen LogP contribution in [-0.4, -0.2) is 18.8 Å². The fourth-order valence-corrected chi connectivity index (χ4v) is 4.49. The summed E-state index contributed by atoms with van der Waals surface area (Å²) in [6, 6.07) is 12.1. The van der Waals surface area contributed by atoms with Crippen molar-refractivity contribution in [3.63, 3.8) is 0 Å². The molecule has 4 rings (SSSR count). The summed E-state index contributed by atoms with van der Waals surface area (Å²) in [5.41, 5.74) is 0.971. The van der Waals surface area contributed by atoms with Crippen LogP contribution < -0.4 is 9.47 Å². The molecule has 7 heteroatoms. The predicted molar refractivity (Wildman–Crippen MR) is 121 cm³/mol. The van der Waals surface area contributed by atoms with Crippen molar-refractivity contribution in [2.45, 2.75) is 38.2 Å². The van der Waals surface area contributed by atoms with Crippen molar-refractivity contribution < 1.29 is 32.1 Å². The molecular weight excluding hydrogens is 448 g/mol. The highest BCUT2D eigenvalue weighted by Gasteiger charge is 2.26. The van der Waals surface area contributed by atoms with E-state index in [9.17, 15) is 22.7 Å². The lowest BCUT2D eigenvalue weighted by atomic mass is 9.78. The van der Waals surface area contributed by atoms with Crippen molar-refractivity contribution in [2.24, 2.45) is 5.92 Å². The number of aliphatic hydroxyl groups excluding tert-OH is 1. The van der Waals surface area contributed by atoms with Crippen molar-refractivity contribution in [3.8, 4) is 22.6 Å². The average molecular weight is 474 g/mol. The van der Waals surface area contributed by atoms with Crippen molar-refractivity contribution in [1.29, 1.82) is 0 Å². The van der Waals surface area contributed by atoms with Gasteiger partial charge in [0.1, 0.15) is 12.4 Å². The number of rotatable bonds is 7. The molecule has 3 aromatic rings. The fourth-order valence-electron chi connectivity index (χ4n) is 4.49. The van der Waals surface area contributed by atoms with E-state index in [1.807, 2.05) is 0 Å². The average Bonchev–Trinajstić information content (AvgIpc) is 2.87. The Balaban J connectivity index is 1.43. The molecule has 0 radical (unpaired) electrons. The minimum atomic E-state index is -1.07. The largest absolute Gasteiger partial charge is 0.494 e. The summed E-state index contributed by atoms with van der Waals surface area (Å²) < 4.78 is 68.2. The zero-order chi connectivity index (χ0) is 24.2. The topological polar surface area (TPSA) is 38.7 Å². The summed E-state index contributed by atoms with van der Waals surface area (Å²) in [5.74, 6) is -3.47. The lowest BCUT2D eigenvalue weighted by molar-refractivity contribution is 0.181. The zero-order valence-electron chi connectivity index (χ0n) is 18.8. The SMILES string of the molecule is COc1ccc(-c2ccc(OCc3ccc(C4CCC(CO)CC4)c(F)c3F)cc2)c(F)c1F. The van der Waals surface area contributed by atoms with Gasteiger partial charge in [-0.05, 0) is 72.9 Å². The maximum absolute atomic E-state index is 14.8. The van der Waals surface area contributed by atoms with E-state index in [0.29, 0.717) is 16.9 Å². The molecule has 0 heterocycles. The van der Waals surface area contributed by atoms with Gasteiger partial charge in [0.15, 0.2) is 23.2 Å². The molecule has 1 aliphatic carbocycles. The Bertz CT molecular complexity index is 1140. The zero-order valence-corrected chi connectivity index (χ0v) is 18.8. The number of hydrogen-bond donors (Lipinski definition) is 1. The second-order valence-electron chi connectivity index (χ2n) is 8.60. The number of ether oxygens (including phenoxy) is 2. The van der Waals surface area contributed by atoms with Gasteiger partial charge >= 0.3 is 0 Å². The number of hydrogen-bond acceptors (Lipinski definition) is 3. The highest BCUT2D eigenvalue weighted by molar-refractivity contribution is 5.66. The van der Waals surface area contributed by atoms with Crippen molar-refractivity contribution in [1.82, 2.24) is 0 Å². The third-order valence-electron chi connectivity index (χ3n) is 6.56. The van der Waals surface area contributed by atoms with Crippen LogP contribution in [0, 0.1) is 29.2 Å². The van der Waals surface area contributed by atoms with Gasteiger partial charge in [-0.15, -0.1) is 0 Å². The molecule has 0 amide bonds. The summed E-state index contributed by atoms with van der Waals surface area (Å²) in [5, 5.41) is 9.27. The van der Waals surface area contributed by atoms with Crippen molar-refractivity contribution >= 4 is 0 Å². The van der Waals surface area contributed by atoms with Crippen LogP contribution in [0.4, 0.5) is 17.6 Å². The minimum absolute atomic E-state index is 0.0528. The molecular formula is C27H26F4O3. The molecule has 0 atom stereocenters. The first-order valence-corrected chi connectivity index (χ1v) is 11.3. The molecule has 0 saturated heterocycles. The second-order valence-corrected chi connectivity index (χ2v) is 8.60. The molecule has 1 fully saturated rings. The first-order valence-electron chi connectivity index (χ1n) is 11.3. The molecule has 0 unspecified atom stereocenters. The van der Waals surface area contributed by atoms with Gasteiger partial charge in [0.2, 0.25) is 5.82 Å². The number of methoxy groups -OCH3 is 1. The predicted octanol–water partition coefficient (Wildman–Crippen LogP) is 6.76. The molecule has 180 valence electrons. The summed E-state index contributed by atoms with van der Waals surface area (Å²) in [6.07, 6.45) is 3.05. The van der Waals surface area contributed by atoms with Gasteiger partial charge in [0, 0.05) is 17.7 Å². The van der Waals surface area contributed by atoms with Gasteiger partial charge in [0.25, 0.3) is 0 Å². The number of halogens is 4. The van der Waals surface area contributed by atoms with Gasteiger partial charge in [-0.3, -0.25) is 0 Å². The smallest absolute Gasteiger partial charge is 0.201 e. The third-order valence-corrected chi connectivity index (χ3v) is 6.56. The van der Waals surface area contributed by atoms with Crippen LogP contribution in [0.5, 0.6) is 11.5 Å². The van der Waals surface area contributed by atoms with Crippen LogP contribution in [0.3, 0.4) is 0 Å². The van der Waals surface area contributed by atoms with Crippen molar-refractivity contribution in [3.05, 3.63) is 82.9 Å². The summed E-state index contributed by atoms with van der Waals surface area (Å²) in [7, 11) is 1.26. The van der Waals surface area contributed by atoms with E-state index in [1.54, 1.807) is 30.3 Å². The maximum Gasteiger partial charge on any atom is 0.201 e. The molecule has 3 nitrogen and oxygen atoms in total. The first kappa shape index (κ1) is 24.1. The molecule has 1 saturated carbocycles. The Kier molecular flexibility index (Phi) is 7.41. The van der Waals surface area contributed by atoms with Gasteiger partial charge < -0.3 is 14.6 Å². The van der Waals surface area contributed by atoms with E-state index in [0.717, 1.165) is 25.7 Å². The van der Waals surface area contributed by atoms with Gasteiger partial charge in [-0.2, -0.15) is 4.39 Å². The van der Waals surface area contributed by atoms with Crippen LogP contribution >= 0.6 is 0 Å². The van der Waals surface area contributed by atoms with Crippen LogP contribution in [0.15, 0.2) is 48.5 Å². The van der Waals surface area contributed by atoms with Gasteiger partial charge in [0.05, 0.1) is 7.11 Å². The van der Waals surface area contributed by atoms with E-state index < -0.39 is 23.3 Å². The molecule has 1 aliphatic rings. The molecule has 1 N–H and O–H groups in total. The minimum Gasteiger partial charge on any atom is -0.494 e. The quantitative estimate of drug-likeness (QED) is 0.385. The highest BCUT2D eigenvalue weighted by Crippen LogP contribution is 2.37. The maximum atomic E-state index is 14.8. The number of benzene rings is 3. The first-order chi connectivity index (χ1) is 16.4. The standard InChI is InChI=1S/C27H26F4O3/c1-33-23-13-12-22(26(30)27(23)31)18-6-9-20(10-7-18)34-15-19-8-11-21(25(29)24(19)28)17-4-2-16(14-32)3-5-17/h6-13,16-17,32H,2-5,14-15H2,1H3. The fraction of sp³-hybridized carbons (Fsp3) is 0.333. The molecule has 0 aromatic heterocycles. The summed E-state index contributed by atoms with van der Waals surface area (Å²) >= 11 is 0. The van der Waals surface area contributed by atoms with E-state index in [2.05, 4.69) is 0 Å². The van der Waals surface area contributed by atoms with E-state index in [1.165, 1.54) is 25.3 Å². The Morgan fingerprint density at radius 3 is 2.15 bits per heavy atom. The van der Waals surface area contributed by atoms with Gasteiger partial charge in [-0.1, -0.05) is 24.3 Å². The van der Waals surface area contributed by atoms with Gasteiger partial charge in [-0.25, -0.2) is 13.2 Å². The lowest BCUT2D eigenvalue weighted by Crippen LogP contribution is -2.17. The summed E-state index contributed by atoms with van der Waals surface area (Å²) in [6.45, 7) is -0.0437. The third kappa shape index (κ3) is 4.89. The van der Waals surface area contributed by atoms with Crippen LogP contribution in [0.1, 0.15) is 42.7 Å². The Morgan fingerprint density at radius 1 is 0.794 bits per heavy atom. The second kappa shape index (κ2) is 10.5. The molecule has 3 aromatic carbocycles. The van der Waals surface area contributed by atoms with Crippen LogP contribution in [-0.2, 0) is 6.61 Å². The Hall–Kier alpha value is -3.06. The van der Waals surface area contributed by atoms with E-state index in [4.69, 9.17) is 9.47 Å². The molecule has 0 spiro atoms. The normalized spacial score (nSPS) is 18.1. The van der Waals surface area contributed by atoms with E-state index >= 15 is 0 Å². The molecule has 34 heavy (non-hydrogen) atoms. The Labute approximate surface area is 196 Å². The van der Waals surface area contributed by atoms with Crippen LogP contribution in [0.25, 0.3) is 11.1 Å². The molecule has 0 bridgehead atoms. The summed E-state index contributed by atoms with van der Waals surface area (Å²) in [4.78, 5) is 0. The monoisotopic (exact) mass is 474 g/mol. The number of aliphatic hydroxyl groups is 1.